The maximum absolute atomic E-state index is 12.6. The molecule has 2 rings (SSSR count). The van der Waals surface area contributed by atoms with Crippen LogP contribution in [0.15, 0.2) is 30.3 Å². The molecule has 0 aromatic heterocycles. The van der Waals surface area contributed by atoms with E-state index in [0.29, 0.717) is 5.56 Å². The van der Waals surface area contributed by atoms with Crippen molar-refractivity contribution in [2.75, 3.05) is 19.6 Å². The van der Waals surface area contributed by atoms with E-state index in [1.54, 1.807) is 58.0 Å². The van der Waals surface area contributed by atoms with Crippen LogP contribution in [0.5, 0.6) is 0 Å². The summed E-state index contributed by atoms with van der Waals surface area (Å²) in [4.78, 5) is 37.4. The second-order valence-electron chi connectivity index (χ2n) is 8.61. The maximum atomic E-state index is 12.6. The highest BCUT2D eigenvalue weighted by molar-refractivity contribution is 5.80. The van der Waals surface area contributed by atoms with Crippen molar-refractivity contribution in [1.82, 2.24) is 0 Å². The summed E-state index contributed by atoms with van der Waals surface area (Å²) in [5, 5.41) is 30.5. The summed E-state index contributed by atoms with van der Waals surface area (Å²) in [5.74, 6) is -1.28. The minimum atomic E-state index is -1.77. The fourth-order valence-electron chi connectivity index (χ4n) is 4.53. The van der Waals surface area contributed by atoms with Crippen LogP contribution in [-0.4, -0.2) is 73.2 Å². The van der Waals surface area contributed by atoms with Gasteiger partial charge in [-0.1, -0.05) is 37.3 Å². The van der Waals surface area contributed by atoms with E-state index < -0.39 is 38.2 Å². The molecule has 8 nitrogen and oxygen atoms in total. The molecule has 1 aromatic rings. The molecule has 154 valence electrons. The number of carboxylic acid groups (broad SMARTS) is 3. The Hall–Kier alpha value is -2.45. The molecule has 0 saturated carbocycles. The number of quaternary nitrogens is 2. The Morgan fingerprint density at radius 2 is 1.57 bits per heavy atom. The molecule has 1 aromatic carbocycles. The van der Waals surface area contributed by atoms with Crippen molar-refractivity contribution in [2.45, 2.75) is 51.7 Å². The smallest absolute Gasteiger partial charge is 0.476 e. The molecule has 0 aliphatic carbocycles. The van der Waals surface area contributed by atoms with Crippen LogP contribution in [0.4, 0.5) is 9.59 Å². The van der Waals surface area contributed by atoms with E-state index in [0.717, 1.165) is 0 Å². The molecular weight excluding hydrogens is 364 g/mol. The Morgan fingerprint density at radius 1 is 1.00 bits per heavy atom. The van der Waals surface area contributed by atoms with Gasteiger partial charge >= 0.3 is 18.2 Å². The molecule has 1 fully saturated rings. The summed E-state index contributed by atoms with van der Waals surface area (Å²) < 4.78 is -1.21. The number of aliphatic carboxylic acids is 1. The molecular formula is C20H30N2O6+2. The highest BCUT2D eigenvalue weighted by Gasteiger charge is 2.72. The lowest BCUT2D eigenvalue weighted by Crippen LogP contribution is -2.84. The first-order valence-corrected chi connectivity index (χ1v) is 9.37. The van der Waals surface area contributed by atoms with Crippen molar-refractivity contribution in [3.05, 3.63) is 35.9 Å². The van der Waals surface area contributed by atoms with Crippen molar-refractivity contribution in [2.24, 2.45) is 0 Å². The van der Waals surface area contributed by atoms with Crippen LogP contribution in [-0.2, 0) is 11.3 Å². The zero-order chi connectivity index (χ0) is 21.4. The van der Waals surface area contributed by atoms with Gasteiger partial charge in [0, 0.05) is 12.0 Å². The van der Waals surface area contributed by atoms with E-state index in [-0.39, 0.29) is 32.6 Å². The van der Waals surface area contributed by atoms with Crippen LogP contribution < -0.4 is 0 Å². The molecule has 1 heterocycles. The Bertz CT molecular complexity index is 775. The molecule has 1 saturated heterocycles. The number of nitrogens with zero attached hydrogens (tertiary/aromatic N) is 2. The van der Waals surface area contributed by atoms with E-state index in [2.05, 4.69) is 0 Å². The monoisotopic (exact) mass is 394 g/mol. The van der Waals surface area contributed by atoms with E-state index in [1.165, 1.54) is 0 Å². The zero-order valence-electron chi connectivity index (χ0n) is 16.9. The minimum absolute atomic E-state index is 0.00479. The predicted octanol–water partition coefficient (Wildman–Crippen LogP) is 3.22. The van der Waals surface area contributed by atoms with Crippen molar-refractivity contribution in [3.63, 3.8) is 0 Å². The van der Waals surface area contributed by atoms with Crippen LogP contribution in [0.3, 0.4) is 0 Å². The quantitative estimate of drug-likeness (QED) is 0.676. The molecule has 1 aliphatic rings. The van der Waals surface area contributed by atoms with Gasteiger partial charge in [0.1, 0.15) is 25.2 Å². The largest absolute Gasteiger partial charge is 0.515 e. The molecule has 8 heteroatoms. The highest BCUT2D eigenvalue weighted by Crippen LogP contribution is 2.43. The van der Waals surface area contributed by atoms with Gasteiger partial charge in [0.25, 0.3) is 5.54 Å². The Kier molecular flexibility index (Phi) is 5.60. The number of carbonyl (C=O) groups is 3. The molecule has 1 aliphatic heterocycles. The van der Waals surface area contributed by atoms with Gasteiger partial charge in [0.2, 0.25) is 0 Å². The number of carboxylic acids is 1. The van der Waals surface area contributed by atoms with Gasteiger partial charge in [-0.25, -0.2) is 9.28 Å². The first-order valence-electron chi connectivity index (χ1n) is 9.37. The van der Waals surface area contributed by atoms with Gasteiger partial charge < -0.3 is 15.3 Å². The van der Waals surface area contributed by atoms with Gasteiger partial charge in [-0.2, -0.15) is 14.1 Å². The summed E-state index contributed by atoms with van der Waals surface area (Å²) in [7, 11) is 0. The van der Waals surface area contributed by atoms with Gasteiger partial charge in [-0.3, -0.25) is 0 Å². The van der Waals surface area contributed by atoms with Gasteiger partial charge in [-0.15, -0.1) is 0 Å². The average molecular weight is 394 g/mol. The van der Waals surface area contributed by atoms with Gasteiger partial charge in [0.15, 0.2) is 6.54 Å². The Balaban J connectivity index is 2.72. The standard InChI is InChI=1S/C20H28N2O6/c1-5-20(16(23)24)14-22(18(27)28,19(2,3)4)12-11-21(20,17(25)26)13-15-9-7-6-8-10-15/h6-10H,5,11-14H2,1-4H3,(H-2,23,24,25,26,27,28)/p+2/t20?,21-,22?/m0/s1. The van der Waals surface area contributed by atoms with Crippen LogP contribution in [0.2, 0.25) is 0 Å². The molecule has 0 radical (unpaired) electrons. The summed E-state index contributed by atoms with van der Waals surface area (Å²) >= 11 is 0. The molecule has 3 atom stereocenters. The van der Waals surface area contributed by atoms with Crippen LogP contribution >= 0.6 is 0 Å². The topological polar surface area (TPSA) is 112 Å². The molecule has 2 unspecified atom stereocenters. The first kappa shape index (κ1) is 21.8. The predicted molar refractivity (Wildman–Crippen MR) is 102 cm³/mol. The number of piperazine rings is 1. The molecule has 0 spiro atoms. The molecule has 3 N–H and O–H groups in total. The molecule has 0 bridgehead atoms. The number of benzene rings is 1. The van der Waals surface area contributed by atoms with Crippen LogP contribution in [0.25, 0.3) is 0 Å². The Morgan fingerprint density at radius 3 is 1.96 bits per heavy atom. The lowest BCUT2D eigenvalue weighted by molar-refractivity contribution is -1.02. The zero-order valence-corrected chi connectivity index (χ0v) is 16.9. The number of hydrogen-bond acceptors (Lipinski definition) is 3. The lowest BCUT2D eigenvalue weighted by Gasteiger charge is -2.56. The van der Waals surface area contributed by atoms with E-state index in [9.17, 15) is 29.7 Å². The number of rotatable bonds is 4. The summed E-state index contributed by atoms with van der Waals surface area (Å²) in [6.45, 7) is 6.52. The summed E-state index contributed by atoms with van der Waals surface area (Å²) in [5.41, 5.74) is -1.86. The minimum Gasteiger partial charge on any atom is -0.476 e. The van der Waals surface area contributed by atoms with Crippen molar-refractivity contribution in [3.8, 4) is 0 Å². The Labute approximate surface area is 164 Å². The van der Waals surface area contributed by atoms with Gasteiger partial charge in [-0.05, 0) is 20.8 Å². The normalized spacial score (nSPS) is 30.6. The van der Waals surface area contributed by atoms with Crippen LogP contribution in [0.1, 0.15) is 39.7 Å². The van der Waals surface area contributed by atoms with Gasteiger partial charge in [0.05, 0.1) is 0 Å². The fourth-order valence-corrected chi connectivity index (χ4v) is 4.53. The third kappa shape index (κ3) is 3.06. The van der Waals surface area contributed by atoms with E-state index in [4.69, 9.17) is 0 Å². The van der Waals surface area contributed by atoms with Crippen LogP contribution in [0, 0.1) is 0 Å². The molecule has 2 amide bonds. The average Bonchev–Trinajstić information content (AvgIpc) is 2.61. The third-order valence-corrected chi connectivity index (χ3v) is 6.51. The van der Waals surface area contributed by atoms with Crippen molar-refractivity contribution in [1.29, 1.82) is 0 Å². The first-order chi connectivity index (χ1) is 12.9. The SMILES string of the molecule is CCC1(C(=O)O)C[N+](C(=O)O)(C(C)(C)C)CC[N@+]1(Cc1ccccc1)C(=O)O. The lowest BCUT2D eigenvalue weighted by atomic mass is 9.82. The summed E-state index contributed by atoms with van der Waals surface area (Å²) in [6.07, 6.45) is -2.37. The summed E-state index contributed by atoms with van der Waals surface area (Å²) in [6, 6.07) is 8.89. The van der Waals surface area contributed by atoms with Crippen molar-refractivity contribution >= 4 is 18.2 Å². The highest BCUT2D eigenvalue weighted by atomic mass is 16.4. The fraction of sp³-hybridized carbons (Fsp3) is 0.550. The second kappa shape index (κ2) is 7.18. The maximum Gasteiger partial charge on any atom is 0.515 e. The number of amides is 2. The number of hydrogen-bond donors (Lipinski definition) is 3. The van der Waals surface area contributed by atoms with Crippen molar-refractivity contribution < 1.29 is 38.7 Å². The molecule has 28 heavy (non-hydrogen) atoms. The third-order valence-electron chi connectivity index (χ3n) is 6.51. The van der Waals surface area contributed by atoms with E-state index in [1.807, 2.05) is 0 Å². The second-order valence-corrected chi connectivity index (χ2v) is 8.61. The van der Waals surface area contributed by atoms with E-state index >= 15 is 0 Å².